The number of hydrogen-bond acceptors (Lipinski definition) is 4. The summed E-state index contributed by atoms with van der Waals surface area (Å²) in [7, 11) is 0. The van der Waals surface area contributed by atoms with Crippen LogP contribution in [0.1, 0.15) is 30.2 Å². The highest BCUT2D eigenvalue weighted by Gasteiger charge is 2.37. The predicted molar refractivity (Wildman–Crippen MR) is 114 cm³/mol. The molecule has 0 saturated heterocycles. The fourth-order valence-electron chi connectivity index (χ4n) is 3.98. The van der Waals surface area contributed by atoms with Gasteiger partial charge >= 0.3 is 5.51 Å². The Morgan fingerprint density at radius 2 is 2.17 bits per heavy atom. The van der Waals surface area contributed by atoms with Gasteiger partial charge in [0, 0.05) is 49.3 Å². The molecular formula is C21H24F3N5S. The molecule has 1 N–H and O–H groups in total. The highest BCUT2D eigenvalue weighted by Crippen LogP contribution is 2.40. The Kier molecular flexibility index (Phi) is 5.59. The van der Waals surface area contributed by atoms with E-state index < -0.39 is 5.51 Å². The maximum absolute atomic E-state index is 13.3. The van der Waals surface area contributed by atoms with Crippen molar-refractivity contribution in [2.24, 2.45) is 0 Å². The van der Waals surface area contributed by atoms with Gasteiger partial charge < -0.3 is 9.88 Å². The van der Waals surface area contributed by atoms with Crippen LogP contribution in [0.15, 0.2) is 48.9 Å². The number of alkyl halides is 3. The van der Waals surface area contributed by atoms with E-state index in [2.05, 4.69) is 21.4 Å². The van der Waals surface area contributed by atoms with Gasteiger partial charge in [0.15, 0.2) is 0 Å². The molecule has 160 valence electrons. The van der Waals surface area contributed by atoms with Crippen LogP contribution in [0.4, 0.5) is 18.9 Å². The summed E-state index contributed by atoms with van der Waals surface area (Å²) >= 11 is -0.0479. The lowest BCUT2D eigenvalue weighted by atomic mass is 10.0. The molecule has 5 nitrogen and oxygen atoms in total. The van der Waals surface area contributed by atoms with Crippen molar-refractivity contribution in [3.05, 3.63) is 65.8 Å². The Morgan fingerprint density at radius 1 is 1.37 bits per heavy atom. The van der Waals surface area contributed by atoms with E-state index in [1.54, 1.807) is 6.20 Å². The number of aryl methyl sites for hydroxylation is 1. The molecule has 3 aromatic rings. The van der Waals surface area contributed by atoms with Crippen LogP contribution in [0.2, 0.25) is 0 Å². The minimum atomic E-state index is -4.33. The molecule has 0 saturated carbocycles. The van der Waals surface area contributed by atoms with Crippen molar-refractivity contribution in [3.8, 4) is 0 Å². The van der Waals surface area contributed by atoms with E-state index in [1.807, 2.05) is 48.8 Å². The topological polar surface area (TPSA) is 39.6 Å². The van der Waals surface area contributed by atoms with E-state index in [0.717, 1.165) is 33.9 Å². The zero-order valence-corrected chi connectivity index (χ0v) is 17.7. The number of aromatic nitrogens is 3. The lowest BCUT2D eigenvalue weighted by molar-refractivity contribution is -0.0364. The van der Waals surface area contributed by atoms with Crippen LogP contribution < -0.4 is 4.90 Å². The Balaban J connectivity index is 1.77. The molecule has 1 aliphatic rings. The molecule has 30 heavy (non-hydrogen) atoms. The van der Waals surface area contributed by atoms with Crippen LogP contribution >= 0.6 is 11.9 Å². The molecule has 3 heterocycles. The van der Waals surface area contributed by atoms with Crippen LogP contribution in [0.3, 0.4) is 0 Å². The summed E-state index contributed by atoms with van der Waals surface area (Å²) in [5, 5.41) is 0. The second-order valence-electron chi connectivity index (χ2n) is 7.53. The second kappa shape index (κ2) is 8.03. The van der Waals surface area contributed by atoms with E-state index >= 15 is 0 Å². The summed E-state index contributed by atoms with van der Waals surface area (Å²) in [6.45, 7) is 9.13. The average Bonchev–Trinajstić information content (AvgIpc) is 3.21. The third kappa shape index (κ3) is 4.22. The number of H-pyrrole nitrogens is 1. The summed E-state index contributed by atoms with van der Waals surface area (Å²) in [5.74, 6) is 0.740. The molecule has 1 aliphatic heterocycles. The fourth-order valence-corrected chi connectivity index (χ4v) is 4.68. The molecule has 0 amide bonds. The minimum absolute atomic E-state index is 0.0479. The summed E-state index contributed by atoms with van der Waals surface area (Å²) in [4.78, 5) is 9.74. The monoisotopic (exact) mass is 435 g/mol. The SMILES string of the molecule is C=C(CC)C1CN(SC(F)(F)F)Cc2c(C)cccc2N1Cc1cn2ccnc2[nH]1. The van der Waals surface area contributed by atoms with Gasteiger partial charge in [0.25, 0.3) is 0 Å². The molecule has 9 heteroatoms. The van der Waals surface area contributed by atoms with Crippen LogP contribution in [-0.2, 0) is 13.1 Å². The number of aromatic amines is 1. The lowest BCUT2D eigenvalue weighted by Crippen LogP contribution is -2.41. The number of nitrogens with zero attached hydrogens (tertiary/aromatic N) is 4. The van der Waals surface area contributed by atoms with Crippen LogP contribution in [0.5, 0.6) is 0 Å². The molecule has 0 spiro atoms. The molecule has 0 aliphatic carbocycles. The van der Waals surface area contributed by atoms with Crippen molar-refractivity contribution in [3.63, 3.8) is 0 Å². The highest BCUT2D eigenvalue weighted by molar-refractivity contribution is 7.97. The average molecular weight is 436 g/mol. The molecule has 1 atom stereocenters. The Bertz CT molecular complexity index is 1030. The van der Waals surface area contributed by atoms with Gasteiger partial charge in [-0.15, -0.1) is 0 Å². The van der Waals surface area contributed by atoms with Crippen molar-refractivity contribution in [2.75, 3.05) is 11.4 Å². The number of anilines is 1. The van der Waals surface area contributed by atoms with Crippen molar-refractivity contribution in [2.45, 2.75) is 44.9 Å². The quantitative estimate of drug-likeness (QED) is 0.436. The number of halogens is 3. The second-order valence-corrected chi connectivity index (χ2v) is 8.69. The van der Waals surface area contributed by atoms with Gasteiger partial charge in [-0.05, 0) is 30.5 Å². The first kappa shape index (κ1) is 20.9. The summed E-state index contributed by atoms with van der Waals surface area (Å²) in [6.07, 6.45) is 6.24. The van der Waals surface area contributed by atoms with Gasteiger partial charge in [0.1, 0.15) is 0 Å². The zero-order chi connectivity index (χ0) is 21.5. The number of fused-ring (bicyclic) bond motifs is 2. The maximum atomic E-state index is 13.3. The van der Waals surface area contributed by atoms with E-state index in [0.29, 0.717) is 13.0 Å². The van der Waals surface area contributed by atoms with Crippen LogP contribution in [-0.4, -0.2) is 36.8 Å². The molecule has 0 fully saturated rings. The first-order chi connectivity index (χ1) is 14.2. The summed E-state index contributed by atoms with van der Waals surface area (Å²) < 4.78 is 43.1. The Labute approximate surface area is 177 Å². The predicted octanol–water partition coefficient (Wildman–Crippen LogP) is 5.30. The number of imidazole rings is 2. The molecule has 1 unspecified atom stereocenters. The van der Waals surface area contributed by atoms with Gasteiger partial charge in [-0.3, -0.25) is 4.40 Å². The zero-order valence-electron chi connectivity index (χ0n) is 16.9. The molecule has 0 bridgehead atoms. The number of nitrogens with one attached hydrogen (secondary N) is 1. The van der Waals surface area contributed by atoms with Gasteiger partial charge in [-0.2, -0.15) is 13.2 Å². The number of benzene rings is 1. The smallest absolute Gasteiger partial charge is 0.357 e. The number of hydrogen-bond donors (Lipinski definition) is 1. The van der Waals surface area contributed by atoms with E-state index in [1.165, 1.54) is 4.31 Å². The van der Waals surface area contributed by atoms with Crippen molar-refractivity contribution < 1.29 is 13.2 Å². The molecule has 0 radical (unpaired) electrons. The lowest BCUT2D eigenvalue weighted by Gasteiger charge is -2.35. The standard InChI is InChI=1S/C21H24F3N5S/c1-4-14(2)19-13-28(30-21(22,23)24)12-17-15(3)6-5-7-18(17)29(19)11-16-10-27-9-8-25-20(27)26-16/h5-10,19H,2,4,11-13H2,1,3H3,(H,25,26). The first-order valence-corrected chi connectivity index (χ1v) is 10.6. The Hall–Kier alpha value is -2.39. The van der Waals surface area contributed by atoms with E-state index in [9.17, 15) is 13.2 Å². The third-order valence-corrected chi connectivity index (χ3v) is 6.26. The number of rotatable bonds is 5. The minimum Gasteiger partial charge on any atom is -0.357 e. The molecular weight excluding hydrogens is 411 g/mol. The van der Waals surface area contributed by atoms with Crippen LogP contribution in [0, 0.1) is 6.92 Å². The molecule has 1 aromatic carbocycles. The maximum Gasteiger partial charge on any atom is 0.456 e. The van der Waals surface area contributed by atoms with Crippen molar-refractivity contribution in [1.82, 2.24) is 18.7 Å². The molecule has 2 aromatic heterocycles. The van der Waals surface area contributed by atoms with Crippen molar-refractivity contribution >= 4 is 23.4 Å². The largest absolute Gasteiger partial charge is 0.456 e. The van der Waals surface area contributed by atoms with Gasteiger partial charge in [-0.1, -0.05) is 31.2 Å². The Morgan fingerprint density at radius 3 is 2.87 bits per heavy atom. The van der Waals surface area contributed by atoms with Gasteiger partial charge in [-0.25, -0.2) is 9.29 Å². The normalized spacial score (nSPS) is 17.9. The van der Waals surface area contributed by atoms with E-state index in [-0.39, 0.29) is 31.1 Å². The summed E-state index contributed by atoms with van der Waals surface area (Å²) in [5.41, 5.74) is 0.365. The van der Waals surface area contributed by atoms with Crippen LogP contribution in [0.25, 0.3) is 5.78 Å². The summed E-state index contributed by atoms with van der Waals surface area (Å²) in [6, 6.07) is 5.66. The van der Waals surface area contributed by atoms with Crippen molar-refractivity contribution in [1.29, 1.82) is 0 Å². The highest BCUT2D eigenvalue weighted by atomic mass is 32.2. The third-order valence-electron chi connectivity index (χ3n) is 5.52. The molecule has 4 rings (SSSR count). The van der Waals surface area contributed by atoms with E-state index in [4.69, 9.17) is 0 Å². The van der Waals surface area contributed by atoms with Gasteiger partial charge in [0.2, 0.25) is 5.78 Å². The van der Waals surface area contributed by atoms with Gasteiger partial charge in [0.05, 0.1) is 18.3 Å². The first-order valence-electron chi connectivity index (χ1n) is 9.79. The fraction of sp³-hybridized carbons (Fsp3) is 0.381.